The van der Waals surface area contributed by atoms with Crippen molar-refractivity contribution in [1.29, 1.82) is 0 Å². The van der Waals surface area contributed by atoms with E-state index in [0.717, 1.165) is 17.8 Å². The van der Waals surface area contributed by atoms with Crippen LogP contribution in [0.3, 0.4) is 0 Å². The van der Waals surface area contributed by atoms with E-state index < -0.39 is 0 Å². The van der Waals surface area contributed by atoms with Crippen molar-refractivity contribution in [3.05, 3.63) is 0 Å². The Balaban J connectivity index is 3.38. The molecule has 0 aromatic carbocycles. The normalized spacial score (nSPS) is 13.9. The molecule has 14 heavy (non-hydrogen) atoms. The molecule has 0 rings (SSSR count). The molecule has 0 N–H and O–H groups in total. The Labute approximate surface area is 97.8 Å². The minimum Gasteiger partial charge on any atom is -0.308 e. The summed E-state index contributed by atoms with van der Waals surface area (Å²) in [6.45, 7) is 5.89. The average molecular weight is 265 g/mol. The Morgan fingerprint density at radius 2 is 1.64 bits per heavy atom. The molecule has 0 aromatic rings. The Kier molecular flexibility index (Phi) is 8.94. The Bertz CT molecular complexity index is 128. The molecule has 0 fully saturated rings. The fourth-order valence-corrected chi connectivity index (χ4v) is 2.04. The van der Waals surface area contributed by atoms with E-state index in [1.807, 2.05) is 0 Å². The largest absolute Gasteiger partial charge is 0.308 e. The Morgan fingerprint density at radius 3 is 2.14 bits per heavy atom. The van der Waals surface area contributed by atoms with Crippen molar-refractivity contribution in [3.8, 4) is 0 Å². The first-order chi connectivity index (χ1) is 6.56. The first-order valence-corrected chi connectivity index (χ1v) is 6.57. The van der Waals surface area contributed by atoms with Crippen LogP contribution >= 0.6 is 15.9 Å². The lowest BCUT2D eigenvalue weighted by molar-refractivity contribution is 0.266. The average Bonchev–Trinajstić information content (AvgIpc) is 2.12. The number of rotatable bonds is 8. The maximum Gasteiger partial charge on any atom is 0.0106 e. The minimum absolute atomic E-state index is 0.844. The molecule has 0 aliphatic carbocycles. The predicted molar refractivity (Wildman–Crippen MR) is 68.2 cm³/mol. The molecule has 1 atom stereocenters. The number of hydrogen-bond donors (Lipinski definition) is 0. The van der Waals surface area contributed by atoms with Gasteiger partial charge in [0.05, 0.1) is 0 Å². The lowest BCUT2D eigenvalue weighted by Crippen LogP contribution is -2.30. The lowest BCUT2D eigenvalue weighted by Gasteiger charge is -2.20. The van der Waals surface area contributed by atoms with Crippen LogP contribution in [-0.4, -0.2) is 55.9 Å². The summed E-state index contributed by atoms with van der Waals surface area (Å²) in [5.41, 5.74) is 0. The third kappa shape index (κ3) is 8.97. The highest BCUT2D eigenvalue weighted by Gasteiger charge is 2.04. The van der Waals surface area contributed by atoms with Gasteiger partial charge in [-0.3, -0.25) is 0 Å². The van der Waals surface area contributed by atoms with Crippen LogP contribution in [0.2, 0.25) is 0 Å². The standard InChI is InChI=1S/C11H25BrN2/c1-11(5-7-12)6-8-14(4)10-9-13(2)3/h11H,5-10H2,1-4H3. The van der Waals surface area contributed by atoms with Gasteiger partial charge >= 0.3 is 0 Å². The van der Waals surface area contributed by atoms with Gasteiger partial charge in [-0.1, -0.05) is 22.9 Å². The third-order valence-electron chi connectivity index (χ3n) is 2.53. The van der Waals surface area contributed by atoms with E-state index in [4.69, 9.17) is 0 Å². The molecule has 1 unspecified atom stereocenters. The molecule has 0 heterocycles. The molecule has 2 nitrogen and oxygen atoms in total. The first kappa shape index (κ1) is 14.4. The van der Waals surface area contributed by atoms with Crippen molar-refractivity contribution in [1.82, 2.24) is 9.80 Å². The van der Waals surface area contributed by atoms with E-state index in [0.29, 0.717) is 0 Å². The van der Waals surface area contributed by atoms with Crippen LogP contribution in [0.1, 0.15) is 19.8 Å². The number of alkyl halides is 1. The third-order valence-corrected chi connectivity index (χ3v) is 2.99. The molecule has 86 valence electrons. The van der Waals surface area contributed by atoms with Gasteiger partial charge in [-0.2, -0.15) is 0 Å². The van der Waals surface area contributed by atoms with Crippen molar-refractivity contribution in [2.24, 2.45) is 5.92 Å². The van der Waals surface area contributed by atoms with Gasteiger partial charge < -0.3 is 9.80 Å². The van der Waals surface area contributed by atoms with Crippen molar-refractivity contribution in [2.75, 3.05) is 46.1 Å². The van der Waals surface area contributed by atoms with Crippen LogP contribution in [0.4, 0.5) is 0 Å². The van der Waals surface area contributed by atoms with Crippen molar-refractivity contribution >= 4 is 15.9 Å². The molecule has 0 spiro atoms. The smallest absolute Gasteiger partial charge is 0.0106 e. The molecule has 0 radical (unpaired) electrons. The van der Waals surface area contributed by atoms with E-state index in [-0.39, 0.29) is 0 Å². The van der Waals surface area contributed by atoms with Crippen LogP contribution < -0.4 is 0 Å². The van der Waals surface area contributed by atoms with Crippen LogP contribution in [0.15, 0.2) is 0 Å². The summed E-state index contributed by atoms with van der Waals surface area (Å²) in [6, 6.07) is 0. The summed E-state index contributed by atoms with van der Waals surface area (Å²) < 4.78 is 0. The molecule has 0 aromatic heterocycles. The van der Waals surface area contributed by atoms with Gasteiger partial charge in [-0.05, 0) is 46.4 Å². The highest BCUT2D eigenvalue weighted by molar-refractivity contribution is 9.09. The fourth-order valence-electron chi connectivity index (χ4n) is 1.25. The predicted octanol–water partition coefficient (Wildman–Crippen LogP) is 2.29. The van der Waals surface area contributed by atoms with Gasteiger partial charge in [0, 0.05) is 18.4 Å². The second-order valence-corrected chi connectivity index (χ2v) is 5.27. The summed E-state index contributed by atoms with van der Waals surface area (Å²) >= 11 is 3.49. The molecular formula is C11H25BrN2. The van der Waals surface area contributed by atoms with Crippen molar-refractivity contribution in [2.45, 2.75) is 19.8 Å². The molecule has 0 amide bonds. The lowest BCUT2D eigenvalue weighted by atomic mass is 10.1. The zero-order valence-corrected chi connectivity index (χ0v) is 11.7. The van der Waals surface area contributed by atoms with Crippen LogP contribution in [-0.2, 0) is 0 Å². The monoisotopic (exact) mass is 264 g/mol. The maximum atomic E-state index is 3.49. The zero-order chi connectivity index (χ0) is 11.0. The minimum atomic E-state index is 0.844. The van der Waals surface area contributed by atoms with E-state index >= 15 is 0 Å². The molecule has 0 saturated heterocycles. The topological polar surface area (TPSA) is 6.48 Å². The number of nitrogens with zero attached hydrogens (tertiary/aromatic N) is 2. The maximum absolute atomic E-state index is 3.49. The summed E-state index contributed by atoms with van der Waals surface area (Å²) in [5, 5.41) is 1.13. The van der Waals surface area contributed by atoms with Crippen molar-refractivity contribution < 1.29 is 0 Å². The van der Waals surface area contributed by atoms with Crippen molar-refractivity contribution in [3.63, 3.8) is 0 Å². The van der Waals surface area contributed by atoms with E-state index in [1.54, 1.807) is 0 Å². The van der Waals surface area contributed by atoms with E-state index in [9.17, 15) is 0 Å². The van der Waals surface area contributed by atoms with Gasteiger partial charge in [0.15, 0.2) is 0 Å². The Morgan fingerprint density at radius 1 is 1.00 bits per heavy atom. The van der Waals surface area contributed by atoms with Gasteiger partial charge in [0.2, 0.25) is 0 Å². The fraction of sp³-hybridized carbons (Fsp3) is 1.00. The van der Waals surface area contributed by atoms with Gasteiger partial charge in [-0.15, -0.1) is 0 Å². The number of halogens is 1. The molecule has 3 heteroatoms. The van der Waals surface area contributed by atoms with E-state index in [1.165, 1.54) is 25.9 Å². The van der Waals surface area contributed by atoms with Crippen LogP contribution in [0.25, 0.3) is 0 Å². The summed E-state index contributed by atoms with van der Waals surface area (Å²) in [4.78, 5) is 4.66. The van der Waals surface area contributed by atoms with Crippen LogP contribution in [0, 0.1) is 5.92 Å². The summed E-state index contributed by atoms with van der Waals surface area (Å²) in [5.74, 6) is 0.844. The Hall–Kier alpha value is 0.400. The summed E-state index contributed by atoms with van der Waals surface area (Å²) in [7, 11) is 6.47. The number of hydrogen-bond acceptors (Lipinski definition) is 2. The van der Waals surface area contributed by atoms with Gasteiger partial charge in [0.1, 0.15) is 0 Å². The molecule has 0 aliphatic heterocycles. The molecule has 0 aliphatic rings. The highest BCUT2D eigenvalue weighted by Crippen LogP contribution is 2.09. The van der Waals surface area contributed by atoms with E-state index in [2.05, 4.69) is 53.8 Å². The molecular weight excluding hydrogens is 240 g/mol. The van der Waals surface area contributed by atoms with Gasteiger partial charge in [0.25, 0.3) is 0 Å². The molecule has 0 saturated carbocycles. The highest BCUT2D eigenvalue weighted by atomic mass is 79.9. The number of likely N-dealkylation sites (N-methyl/N-ethyl adjacent to an activating group) is 2. The zero-order valence-electron chi connectivity index (χ0n) is 10.1. The SMILES string of the molecule is CC(CCBr)CCN(C)CCN(C)C. The van der Waals surface area contributed by atoms with Crippen LogP contribution in [0.5, 0.6) is 0 Å². The second-order valence-electron chi connectivity index (χ2n) is 4.48. The quantitative estimate of drug-likeness (QED) is 0.621. The summed E-state index contributed by atoms with van der Waals surface area (Å²) in [6.07, 6.45) is 2.61. The second kappa shape index (κ2) is 8.69. The van der Waals surface area contributed by atoms with Gasteiger partial charge in [-0.25, -0.2) is 0 Å². The molecule has 0 bridgehead atoms. The first-order valence-electron chi connectivity index (χ1n) is 5.45.